The molecule has 3 nitrogen and oxygen atoms in total. The minimum absolute atomic E-state index is 0.0152. The Labute approximate surface area is 89.0 Å². The van der Waals surface area contributed by atoms with E-state index in [2.05, 4.69) is 9.97 Å². The average molecular weight is 199 g/mol. The van der Waals surface area contributed by atoms with Crippen molar-refractivity contribution in [1.29, 1.82) is 0 Å². The largest absolute Gasteiger partial charge is 0.324 e. The topological polar surface area (TPSA) is 51.8 Å². The highest BCUT2D eigenvalue weighted by Gasteiger charge is 2.07. The van der Waals surface area contributed by atoms with Gasteiger partial charge in [0.2, 0.25) is 0 Å². The van der Waals surface area contributed by atoms with Gasteiger partial charge in [0.15, 0.2) is 0 Å². The molecular weight excluding hydrogens is 186 g/mol. The van der Waals surface area contributed by atoms with Crippen LogP contribution in [0.1, 0.15) is 18.5 Å². The molecule has 2 aromatic rings. The van der Waals surface area contributed by atoms with Crippen LogP contribution in [0.15, 0.2) is 43.0 Å². The van der Waals surface area contributed by atoms with E-state index in [1.54, 1.807) is 12.4 Å². The van der Waals surface area contributed by atoms with Crippen LogP contribution >= 0.6 is 0 Å². The fraction of sp³-hybridized carbons (Fsp3) is 0.167. The summed E-state index contributed by atoms with van der Waals surface area (Å²) >= 11 is 0. The fourth-order valence-electron chi connectivity index (χ4n) is 1.60. The Hall–Kier alpha value is -1.74. The standard InChI is InChI=1S/C12H13N3/c1-9(13)11-4-2-3-5-12(11)10-6-14-8-15-7-10/h2-9H,13H2,1H3/t9-/m0/s1. The van der Waals surface area contributed by atoms with Crippen molar-refractivity contribution in [2.75, 3.05) is 0 Å². The van der Waals surface area contributed by atoms with Crippen LogP contribution in [0.4, 0.5) is 0 Å². The lowest BCUT2D eigenvalue weighted by molar-refractivity contribution is 0.820. The minimum atomic E-state index is 0.0152. The van der Waals surface area contributed by atoms with Gasteiger partial charge >= 0.3 is 0 Å². The molecule has 0 amide bonds. The zero-order valence-corrected chi connectivity index (χ0v) is 8.59. The lowest BCUT2D eigenvalue weighted by Gasteiger charge is -2.11. The van der Waals surface area contributed by atoms with Crippen LogP contribution in [0, 0.1) is 0 Å². The van der Waals surface area contributed by atoms with Crippen molar-refractivity contribution in [2.45, 2.75) is 13.0 Å². The average Bonchev–Trinajstić information content (AvgIpc) is 2.30. The zero-order chi connectivity index (χ0) is 10.7. The molecule has 2 rings (SSSR count). The number of nitrogens with zero attached hydrogens (tertiary/aromatic N) is 2. The van der Waals surface area contributed by atoms with Crippen molar-refractivity contribution in [2.24, 2.45) is 5.73 Å². The smallest absolute Gasteiger partial charge is 0.115 e. The van der Waals surface area contributed by atoms with Crippen LogP contribution < -0.4 is 5.73 Å². The van der Waals surface area contributed by atoms with Crippen LogP contribution in [0.2, 0.25) is 0 Å². The van der Waals surface area contributed by atoms with E-state index in [9.17, 15) is 0 Å². The van der Waals surface area contributed by atoms with Gasteiger partial charge in [-0.25, -0.2) is 9.97 Å². The number of benzene rings is 1. The first-order valence-electron chi connectivity index (χ1n) is 4.89. The van der Waals surface area contributed by atoms with E-state index < -0.39 is 0 Å². The molecule has 0 bridgehead atoms. The van der Waals surface area contributed by atoms with Crippen LogP contribution in [-0.4, -0.2) is 9.97 Å². The number of hydrogen-bond donors (Lipinski definition) is 1. The Morgan fingerprint density at radius 3 is 2.47 bits per heavy atom. The Morgan fingerprint density at radius 1 is 1.13 bits per heavy atom. The van der Waals surface area contributed by atoms with Crippen molar-refractivity contribution in [3.05, 3.63) is 48.5 Å². The van der Waals surface area contributed by atoms with Crippen molar-refractivity contribution in [3.63, 3.8) is 0 Å². The van der Waals surface area contributed by atoms with Gasteiger partial charge in [-0.1, -0.05) is 24.3 Å². The molecule has 0 radical (unpaired) electrons. The van der Waals surface area contributed by atoms with Crippen LogP contribution in [0.25, 0.3) is 11.1 Å². The number of nitrogens with two attached hydrogens (primary N) is 1. The third-order valence-corrected chi connectivity index (χ3v) is 2.32. The number of aromatic nitrogens is 2. The molecule has 15 heavy (non-hydrogen) atoms. The maximum Gasteiger partial charge on any atom is 0.115 e. The fourth-order valence-corrected chi connectivity index (χ4v) is 1.60. The zero-order valence-electron chi connectivity index (χ0n) is 8.59. The molecule has 3 heteroatoms. The molecule has 0 aliphatic carbocycles. The van der Waals surface area contributed by atoms with E-state index in [0.29, 0.717) is 0 Å². The molecule has 1 aromatic heterocycles. The molecule has 0 saturated heterocycles. The van der Waals surface area contributed by atoms with E-state index in [1.807, 2.05) is 31.2 Å². The lowest BCUT2D eigenvalue weighted by Crippen LogP contribution is -2.06. The van der Waals surface area contributed by atoms with Gasteiger partial charge in [-0.05, 0) is 18.1 Å². The van der Waals surface area contributed by atoms with Crippen LogP contribution in [-0.2, 0) is 0 Å². The highest BCUT2D eigenvalue weighted by atomic mass is 14.8. The molecule has 0 aliphatic heterocycles. The Bertz CT molecular complexity index is 438. The van der Waals surface area contributed by atoms with Crippen molar-refractivity contribution < 1.29 is 0 Å². The lowest BCUT2D eigenvalue weighted by atomic mass is 9.98. The second kappa shape index (κ2) is 4.19. The SMILES string of the molecule is C[C@H](N)c1ccccc1-c1cncnc1. The Balaban J connectivity index is 2.53. The summed E-state index contributed by atoms with van der Waals surface area (Å²) in [4.78, 5) is 8.02. The predicted molar refractivity (Wildman–Crippen MR) is 60.1 cm³/mol. The van der Waals surface area contributed by atoms with E-state index in [-0.39, 0.29) is 6.04 Å². The summed E-state index contributed by atoms with van der Waals surface area (Å²) in [5, 5.41) is 0. The van der Waals surface area contributed by atoms with Gasteiger partial charge in [-0.2, -0.15) is 0 Å². The van der Waals surface area contributed by atoms with E-state index >= 15 is 0 Å². The van der Waals surface area contributed by atoms with Crippen molar-refractivity contribution >= 4 is 0 Å². The molecule has 0 fully saturated rings. The van der Waals surface area contributed by atoms with Gasteiger partial charge in [0, 0.05) is 24.0 Å². The normalized spacial score (nSPS) is 12.4. The molecule has 76 valence electrons. The molecule has 2 N–H and O–H groups in total. The predicted octanol–water partition coefficient (Wildman–Crippen LogP) is 2.16. The summed E-state index contributed by atoms with van der Waals surface area (Å²) in [6.07, 6.45) is 5.13. The third kappa shape index (κ3) is 2.02. The van der Waals surface area contributed by atoms with Gasteiger partial charge in [-0.15, -0.1) is 0 Å². The second-order valence-corrected chi connectivity index (χ2v) is 3.50. The monoisotopic (exact) mass is 199 g/mol. The maximum absolute atomic E-state index is 5.91. The molecule has 1 atom stereocenters. The Kier molecular flexibility index (Phi) is 2.74. The first-order chi connectivity index (χ1) is 7.29. The van der Waals surface area contributed by atoms with E-state index in [0.717, 1.165) is 16.7 Å². The summed E-state index contributed by atoms with van der Waals surface area (Å²) in [6, 6.07) is 8.08. The van der Waals surface area contributed by atoms with Gasteiger partial charge < -0.3 is 5.73 Å². The van der Waals surface area contributed by atoms with Gasteiger partial charge in [0.05, 0.1) is 0 Å². The summed E-state index contributed by atoms with van der Waals surface area (Å²) in [5.74, 6) is 0. The summed E-state index contributed by atoms with van der Waals surface area (Å²) < 4.78 is 0. The Morgan fingerprint density at radius 2 is 1.80 bits per heavy atom. The highest BCUT2D eigenvalue weighted by Crippen LogP contribution is 2.25. The molecule has 0 saturated carbocycles. The summed E-state index contributed by atoms with van der Waals surface area (Å²) in [5.41, 5.74) is 9.14. The molecular formula is C12H13N3. The third-order valence-electron chi connectivity index (χ3n) is 2.32. The van der Waals surface area contributed by atoms with E-state index in [4.69, 9.17) is 5.73 Å². The van der Waals surface area contributed by atoms with Crippen LogP contribution in [0.3, 0.4) is 0 Å². The van der Waals surface area contributed by atoms with Crippen LogP contribution in [0.5, 0.6) is 0 Å². The van der Waals surface area contributed by atoms with Gasteiger partial charge in [0.25, 0.3) is 0 Å². The minimum Gasteiger partial charge on any atom is -0.324 e. The molecule has 1 aromatic carbocycles. The van der Waals surface area contributed by atoms with Crippen molar-refractivity contribution in [1.82, 2.24) is 9.97 Å². The molecule has 0 spiro atoms. The van der Waals surface area contributed by atoms with Crippen molar-refractivity contribution in [3.8, 4) is 11.1 Å². The van der Waals surface area contributed by atoms with Gasteiger partial charge in [-0.3, -0.25) is 0 Å². The van der Waals surface area contributed by atoms with Gasteiger partial charge in [0.1, 0.15) is 6.33 Å². The first-order valence-corrected chi connectivity index (χ1v) is 4.89. The summed E-state index contributed by atoms with van der Waals surface area (Å²) in [7, 11) is 0. The molecule has 0 aliphatic rings. The summed E-state index contributed by atoms with van der Waals surface area (Å²) in [6.45, 7) is 1.97. The molecule has 1 heterocycles. The maximum atomic E-state index is 5.91. The highest BCUT2D eigenvalue weighted by molar-refractivity contribution is 5.66. The quantitative estimate of drug-likeness (QED) is 0.806. The number of hydrogen-bond acceptors (Lipinski definition) is 3. The van der Waals surface area contributed by atoms with E-state index in [1.165, 1.54) is 6.33 Å². The first kappa shape index (κ1) is 9.80. The number of rotatable bonds is 2. The second-order valence-electron chi connectivity index (χ2n) is 3.50. The molecule has 0 unspecified atom stereocenters.